The first-order valence-corrected chi connectivity index (χ1v) is 15.7. The minimum absolute atomic E-state index is 0.0459. The number of esters is 1. The molecule has 0 radical (unpaired) electrons. The monoisotopic (exact) mass is 501 g/mol. The molecule has 1 saturated carbocycles. The molecule has 1 aromatic rings. The third kappa shape index (κ3) is 6.36. The van der Waals surface area contributed by atoms with Gasteiger partial charge in [0.15, 0.2) is 8.32 Å². The molecule has 1 fully saturated rings. The third-order valence-corrected chi connectivity index (χ3v) is 12.5. The average molecular weight is 502 g/mol. The van der Waals surface area contributed by atoms with Crippen molar-refractivity contribution in [3.8, 4) is 0 Å². The molecule has 3 rings (SSSR count). The average Bonchev–Trinajstić information content (AvgIpc) is 3.66. The number of carbonyl (C=O) groups is 2. The lowest BCUT2D eigenvalue weighted by Gasteiger charge is -2.42. The number of carbonyl (C=O) groups excluding carboxylic acids is 2. The van der Waals surface area contributed by atoms with Gasteiger partial charge in [0.25, 0.3) is 0 Å². The zero-order valence-electron chi connectivity index (χ0n) is 22.6. The lowest BCUT2D eigenvalue weighted by Crippen LogP contribution is -2.58. The molecule has 7 heteroatoms. The van der Waals surface area contributed by atoms with Gasteiger partial charge in [0.2, 0.25) is 0 Å². The molecule has 0 bridgehead atoms. The summed E-state index contributed by atoms with van der Waals surface area (Å²) in [5.41, 5.74) is 1.01. The summed E-state index contributed by atoms with van der Waals surface area (Å²) in [6.45, 7) is 11.5. The third-order valence-electron chi connectivity index (χ3n) is 8.03. The molecule has 0 spiro atoms. The SMILES string of the molecule is COC(=O)C(CC1=CC(O[Si](C)(C)C(C)(C)C)CCC1)(C1CC1)N(C)C(=O)OCc1ccccc1. The predicted molar refractivity (Wildman–Crippen MR) is 140 cm³/mol. The van der Waals surface area contributed by atoms with Crippen LogP contribution in [0.1, 0.15) is 64.9 Å². The van der Waals surface area contributed by atoms with Crippen molar-refractivity contribution in [3.63, 3.8) is 0 Å². The highest BCUT2D eigenvalue weighted by molar-refractivity contribution is 6.74. The molecule has 0 aliphatic heterocycles. The van der Waals surface area contributed by atoms with Crippen LogP contribution in [0, 0.1) is 5.92 Å². The van der Waals surface area contributed by atoms with Crippen LogP contribution in [0.5, 0.6) is 0 Å². The molecule has 1 aromatic carbocycles. The Morgan fingerprint density at radius 1 is 1.09 bits per heavy atom. The normalized spacial score (nSPS) is 20.4. The van der Waals surface area contributed by atoms with Gasteiger partial charge in [0.05, 0.1) is 13.2 Å². The van der Waals surface area contributed by atoms with Crippen LogP contribution in [0.15, 0.2) is 42.0 Å². The summed E-state index contributed by atoms with van der Waals surface area (Å²) < 4.78 is 17.6. The van der Waals surface area contributed by atoms with Gasteiger partial charge in [0, 0.05) is 13.5 Å². The van der Waals surface area contributed by atoms with Gasteiger partial charge in [-0.15, -0.1) is 0 Å². The van der Waals surface area contributed by atoms with Crippen LogP contribution in [0.3, 0.4) is 0 Å². The molecule has 0 heterocycles. The fourth-order valence-electron chi connectivity index (χ4n) is 4.73. The van der Waals surface area contributed by atoms with Crippen molar-refractivity contribution >= 4 is 20.4 Å². The number of nitrogens with zero attached hydrogens (tertiary/aromatic N) is 1. The smallest absolute Gasteiger partial charge is 0.410 e. The summed E-state index contributed by atoms with van der Waals surface area (Å²) in [4.78, 5) is 28.0. The number of hydrogen-bond donors (Lipinski definition) is 0. The molecule has 6 nitrogen and oxygen atoms in total. The van der Waals surface area contributed by atoms with Crippen LogP contribution in [-0.2, 0) is 25.3 Å². The Morgan fingerprint density at radius 2 is 1.74 bits per heavy atom. The van der Waals surface area contributed by atoms with E-state index in [4.69, 9.17) is 13.9 Å². The number of likely N-dealkylation sites (N-methyl/N-ethyl adjacent to an activating group) is 1. The molecular formula is C28H43NO5Si. The molecule has 2 aliphatic carbocycles. The van der Waals surface area contributed by atoms with Crippen LogP contribution in [0.25, 0.3) is 0 Å². The van der Waals surface area contributed by atoms with Gasteiger partial charge in [-0.2, -0.15) is 0 Å². The Hall–Kier alpha value is -2.12. The van der Waals surface area contributed by atoms with E-state index in [1.165, 1.54) is 17.6 Å². The molecular weight excluding hydrogens is 458 g/mol. The summed E-state index contributed by atoms with van der Waals surface area (Å²) in [5.74, 6) is -0.306. The maximum absolute atomic E-state index is 13.3. The molecule has 2 atom stereocenters. The standard InChI is InChI=1S/C28H43NO5Si/c1-27(2,3)35(6,7)34-24-15-11-14-22(18-24)19-28(23-16-17-23,25(30)32-5)29(4)26(31)33-20-21-12-9-8-10-13-21/h8-10,12-13,18,23-24H,11,14-17,19-20H2,1-7H3. The minimum atomic E-state index is -1.92. The van der Waals surface area contributed by atoms with Crippen LogP contribution in [0.2, 0.25) is 18.1 Å². The maximum Gasteiger partial charge on any atom is 0.410 e. The number of ether oxygens (including phenoxy) is 2. The molecule has 2 unspecified atom stereocenters. The lowest BCUT2D eigenvalue weighted by molar-refractivity contribution is -0.155. The quantitative estimate of drug-likeness (QED) is 0.220. The molecule has 2 aliphatic rings. The molecule has 0 N–H and O–H groups in total. The fraction of sp³-hybridized carbons (Fsp3) is 0.643. The first kappa shape index (κ1) is 27.5. The van der Waals surface area contributed by atoms with Gasteiger partial charge in [-0.3, -0.25) is 4.90 Å². The van der Waals surface area contributed by atoms with Gasteiger partial charge < -0.3 is 13.9 Å². The molecule has 1 amide bonds. The van der Waals surface area contributed by atoms with E-state index < -0.39 is 19.9 Å². The molecule has 35 heavy (non-hydrogen) atoms. The van der Waals surface area contributed by atoms with E-state index in [2.05, 4.69) is 39.9 Å². The first-order valence-electron chi connectivity index (χ1n) is 12.8. The van der Waals surface area contributed by atoms with Gasteiger partial charge in [-0.05, 0) is 61.7 Å². The van der Waals surface area contributed by atoms with Crippen LogP contribution >= 0.6 is 0 Å². The highest BCUT2D eigenvalue weighted by atomic mass is 28.4. The number of benzene rings is 1. The second-order valence-electron chi connectivity index (χ2n) is 11.6. The van der Waals surface area contributed by atoms with E-state index in [-0.39, 0.29) is 29.6 Å². The Bertz CT molecular complexity index is 919. The van der Waals surface area contributed by atoms with E-state index in [0.717, 1.165) is 37.7 Å². The summed E-state index contributed by atoms with van der Waals surface area (Å²) in [7, 11) is 1.16. The Kier molecular flexibility index (Phi) is 8.53. The predicted octanol–water partition coefficient (Wildman–Crippen LogP) is 6.47. The largest absolute Gasteiger partial charge is 0.467 e. The van der Waals surface area contributed by atoms with E-state index in [1.807, 2.05) is 30.3 Å². The van der Waals surface area contributed by atoms with Crippen molar-refractivity contribution in [3.05, 3.63) is 47.5 Å². The topological polar surface area (TPSA) is 65.1 Å². The van der Waals surface area contributed by atoms with E-state index in [9.17, 15) is 9.59 Å². The summed E-state index contributed by atoms with van der Waals surface area (Å²) in [5, 5.41) is 0.130. The highest BCUT2D eigenvalue weighted by Gasteiger charge is 2.57. The Labute approximate surface area is 212 Å². The number of amides is 1. The Morgan fingerprint density at radius 3 is 2.31 bits per heavy atom. The van der Waals surface area contributed by atoms with Crippen LogP contribution < -0.4 is 0 Å². The van der Waals surface area contributed by atoms with Crippen LogP contribution in [-0.4, -0.2) is 51.1 Å². The van der Waals surface area contributed by atoms with Crippen molar-refractivity contribution in [2.24, 2.45) is 5.92 Å². The minimum Gasteiger partial charge on any atom is -0.467 e. The zero-order chi connectivity index (χ0) is 25.9. The summed E-state index contributed by atoms with van der Waals surface area (Å²) >= 11 is 0. The number of methoxy groups -OCH3 is 1. The first-order chi connectivity index (χ1) is 16.4. The second-order valence-corrected chi connectivity index (χ2v) is 16.4. The summed E-state index contributed by atoms with van der Waals surface area (Å²) in [6, 6.07) is 9.57. The van der Waals surface area contributed by atoms with E-state index in [0.29, 0.717) is 6.42 Å². The Balaban J connectivity index is 1.82. The van der Waals surface area contributed by atoms with Gasteiger partial charge in [-0.1, -0.05) is 62.8 Å². The van der Waals surface area contributed by atoms with E-state index in [1.54, 1.807) is 7.05 Å². The molecule has 0 aromatic heterocycles. The summed E-state index contributed by atoms with van der Waals surface area (Å²) in [6.07, 6.45) is 6.89. The van der Waals surface area contributed by atoms with Crippen molar-refractivity contribution in [2.75, 3.05) is 14.2 Å². The lowest BCUT2D eigenvalue weighted by atomic mass is 9.81. The number of hydrogen-bond acceptors (Lipinski definition) is 5. The van der Waals surface area contributed by atoms with Crippen molar-refractivity contribution in [1.82, 2.24) is 4.90 Å². The number of rotatable bonds is 9. The van der Waals surface area contributed by atoms with Gasteiger partial charge >= 0.3 is 12.1 Å². The van der Waals surface area contributed by atoms with Crippen molar-refractivity contribution < 1.29 is 23.5 Å². The second kappa shape index (κ2) is 10.9. The molecule has 0 saturated heterocycles. The molecule has 194 valence electrons. The van der Waals surface area contributed by atoms with Crippen molar-refractivity contribution in [1.29, 1.82) is 0 Å². The highest BCUT2D eigenvalue weighted by Crippen LogP contribution is 2.48. The van der Waals surface area contributed by atoms with Crippen LogP contribution in [0.4, 0.5) is 4.79 Å². The van der Waals surface area contributed by atoms with Crippen molar-refractivity contribution in [2.45, 2.75) is 95.7 Å². The maximum atomic E-state index is 13.3. The van der Waals surface area contributed by atoms with Gasteiger partial charge in [0.1, 0.15) is 12.1 Å². The fourth-order valence-corrected chi connectivity index (χ4v) is 6.03. The van der Waals surface area contributed by atoms with Gasteiger partial charge in [-0.25, -0.2) is 9.59 Å². The zero-order valence-corrected chi connectivity index (χ0v) is 23.6. The van der Waals surface area contributed by atoms with E-state index >= 15 is 0 Å².